The van der Waals surface area contributed by atoms with Gasteiger partial charge in [0.25, 0.3) is 0 Å². The summed E-state index contributed by atoms with van der Waals surface area (Å²) in [7, 11) is 0. The molecule has 3 fully saturated rings. The van der Waals surface area contributed by atoms with Crippen LogP contribution in [0.2, 0.25) is 0 Å². The SMILES string of the molecule is CCC1CC2CC23CC[C@@H]13. The summed E-state index contributed by atoms with van der Waals surface area (Å²) in [5, 5.41) is 0. The molecule has 10 heavy (non-hydrogen) atoms. The van der Waals surface area contributed by atoms with Gasteiger partial charge in [0.2, 0.25) is 0 Å². The van der Waals surface area contributed by atoms with E-state index in [1.165, 1.54) is 18.3 Å². The molecule has 0 saturated heterocycles. The zero-order valence-electron chi connectivity index (χ0n) is 6.77. The molecule has 0 aromatic heterocycles. The molecule has 3 aliphatic rings. The van der Waals surface area contributed by atoms with Crippen LogP contribution in [0.15, 0.2) is 0 Å². The Morgan fingerprint density at radius 3 is 2.80 bits per heavy atom. The van der Waals surface area contributed by atoms with Gasteiger partial charge in [-0.1, -0.05) is 13.3 Å². The van der Waals surface area contributed by atoms with Gasteiger partial charge in [-0.25, -0.2) is 0 Å². The van der Waals surface area contributed by atoms with E-state index in [1.807, 2.05) is 0 Å². The van der Waals surface area contributed by atoms with Crippen LogP contribution in [0.25, 0.3) is 0 Å². The second-order valence-electron chi connectivity index (χ2n) is 4.68. The second-order valence-corrected chi connectivity index (χ2v) is 4.68. The van der Waals surface area contributed by atoms with E-state index >= 15 is 0 Å². The first kappa shape index (κ1) is 5.62. The Kier molecular flexibility index (Phi) is 0.810. The zero-order chi connectivity index (χ0) is 6.77. The molecular weight excluding hydrogens is 120 g/mol. The Bertz CT molecular complexity index is 169. The predicted octanol–water partition coefficient (Wildman–Crippen LogP) is 2.83. The number of hydrogen-bond acceptors (Lipinski definition) is 0. The van der Waals surface area contributed by atoms with Crippen LogP contribution in [-0.2, 0) is 0 Å². The van der Waals surface area contributed by atoms with Crippen molar-refractivity contribution in [2.45, 2.75) is 39.0 Å². The molecule has 0 bridgehead atoms. The maximum atomic E-state index is 2.38. The Balaban J connectivity index is 1.86. The van der Waals surface area contributed by atoms with E-state index in [-0.39, 0.29) is 0 Å². The van der Waals surface area contributed by atoms with Gasteiger partial charge in [-0.2, -0.15) is 0 Å². The summed E-state index contributed by atoms with van der Waals surface area (Å²) < 4.78 is 0. The van der Waals surface area contributed by atoms with E-state index in [2.05, 4.69) is 6.92 Å². The molecule has 0 heteroatoms. The smallest absolute Gasteiger partial charge is 0.0235 e. The minimum Gasteiger partial charge on any atom is -0.0651 e. The van der Waals surface area contributed by atoms with Crippen molar-refractivity contribution in [1.82, 2.24) is 0 Å². The van der Waals surface area contributed by atoms with Crippen LogP contribution in [0.5, 0.6) is 0 Å². The Labute approximate surface area is 63.0 Å². The summed E-state index contributed by atoms with van der Waals surface area (Å²) in [4.78, 5) is 0. The Morgan fingerprint density at radius 1 is 1.50 bits per heavy atom. The third kappa shape index (κ3) is 0.408. The van der Waals surface area contributed by atoms with Gasteiger partial charge in [-0.05, 0) is 48.9 Å². The first-order valence-electron chi connectivity index (χ1n) is 4.87. The Hall–Kier alpha value is 0. The third-order valence-corrected chi connectivity index (χ3v) is 4.62. The molecule has 0 aromatic rings. The van der Waals surface area contributed by atoms with Crippen molar-refractivity contribution in [3.8, 4) is 0 Å². The summed E-state index contributed by atoms with van der Waals surface area (Å²) in [6, 6.07) is 0. The molecule has 3 unspecified atom stereocenters. The van der Waals surface area contributed by atoms with Gasteiger partial charge in [0.1, 0.15) is 0 Å². The fraction of sp³-hybridized carbons (Fsp3) is 1.00. The van der Waals surface area contributed by atoms with Gasteiger partial charge in [-0.15, -0.1) is 0 Å². The van der Waals surface area contributed by atoms with Crippen molar-refractivity contribution in [2.24, 2.45) is 23.2 Å². The topological polar surface area (TPSA) is 0 Å². The fourth-order valence-corrected chi connectivity index (χ4v) is 3.85. The van der Waals surface area contributed by atoms with Crippen molar-refractivity contribution in [2.75, 3.05) is 0 Å². The molecule has 0 aromatic carbocycles. The summed E-state index contributed by atoms with van der Waals surface area (Å²) in [6.45, 7) is 2.38. The van der Waals surface area contributed by atoms with Gasteiger partial charge in [-0.3, -0.25) is 0 Å². The monoisotopic (exact) mass is 136 g/mol. The maximum absolute atomic E-state index is 2.38. The van der Waals surface area contributed by atoms with Crippen molar-refractivity contribution >= 4 is 0 Å². The van der Waals surface area contributed by atoms with Gasteiger partial charge < -0.3 is 0 Å². The molecule has 0 N–H and O–H groups in total. The summed E-state index contributed by atoms with van der Waals surface area (Å²) in [6.07, 6.45) is 7.85. The highest BCUT2D eigenvalue weighted by Crippen LogP contribution is 2.77. The zero-order valence-corrected chi connectivity index (χ0v) is 6.77. The van der Waals surface area contributed by atoms with Crippen LogP contribution >= 0.6 is 0 Å². The van der Waals surface area contributed by atoms with Crippen LogP contribution in [0.1, 0.15) is 39.0 Å². The van der Waals surface area contributed by atoms with Crippen LogP contribution in [0.4, 0.5) is 0 Å². The summed E-state index contributed by atoms with van der Waals surface area (Å²) >= 11 is 0. The van der Waals surface area contributed by atoms with E-state index in [0.29, 0.717) is 0 Å². The molecule has 0 radical (unpaired) electrons. The van der Waals surface area contributed by atoms with E-state index in [1.54, 1.807) is 25.7 Å². The maximum Gasteiger partial charge on any atom is -0.0235 e. The first-order chi connectivity index (χ1) is 4.87. The molecule has 0 nitrogen and oxygen atoms in total. The van der Waals surface area contributed by atoms with Crippen LogP contribution in [-0.4, -0.2) is 0 Å². The minimum atomic E-state index is 0.973. The lowest BCUT2D eigenvalue weighted by atomic mass is 9.67. The summed E-state index contributed by atoms with van der Waals surface area (Å²) in [5.41, 5.74) is 0.973. The molecule has 56 valence electrons. The lowest BCUT2D eigenvalue weighted by molar-refractivity contribution is 0.115. The molecule has 0 amide bonds. The van der Waals surface area contributed by atoms with Crippen LogP contribution < -0.4 is 0 Å². The van der Waals surface area contributed by atoms with Crippen molar-refractivity contribution in [1.29, 1.82) is 0 Å². The van der Waals surface area contributed by atoms with E-state index in [9.17, 15) is 0 Å². The lowest BCUT2D eigenvalue weighted by Gasteiger charge is -2.38. The minimum absolute atomic E-state index is 0.973. The second kappa shape index (κ2) is 1.44. The largest absolute Gasteiger partial charge is 0.0651 e. The van der Waals surface area contributed by atoms with Crippen LogP contribution in [0, 0.1) is 23.2 Å². The average Bonchev–Trinajstić information content (AvgIpc) is 2.57. The molecular formula is C10H16. The van der Waals surface area contributed by atoms with Gasteiger partial charge in [0.05, 0.1) is 0 Å². The molecule has 0 heterocycles. The third-order valence-electron chi connectivity index (χ3n) is 4.62. The number of hydrogen-bond donors (Lipinski definition) is 0. The highest BCUT2D eigenvalue weighted by molar-refractivity contribution is 5.18. The first-order valence-corrected chi connectivity index (χ1v) is 4.87. The van der Waals surface area contributed by atoms with Crippen molar-refractivity contribution in [3.63, 3.8) is 0 Å². The highest BCUT2D eigenvalue weighted by atomic mass is 14.7. The molecule has 1 spiro atoms. The van der Waals surface area contributed by atoms with E-state index < -0.39 is 0 Å². The molecule has 0 aliphatic heterocycles. The normalized spacial score (nSPS) is 62.7. The molecule has 3 saturated carbocycles. The molecule has 3 aliphatic carbocycles. The van der Waals surface area contributed by atoms with Crippen molar-refractivity contribution < 1.29 is 0 Å². The number of rotatable bonds is 1. The van der Waals surface area contributed by atoms with E-state index in [4.69, 9.17) is 0 Å². The standard InChI is InChI=1S/C10H16/c1-2-7-5-8-6-10(8)4-3-9(7)10/h7-9H,2-6H2,1H3/t7?,8?,9-,10?/m0/s1. The van der Waals surface area contributed by atoms with Crippen molar-refractivity contribution in [3.05, 3.63) is 0 Å². The van der Waals surface area contributed by atoms with Crippen LogP contribution in [0.3, 0.4) is 0 Å². The Morgan fingerprint density at radius 2 is 2.40 bits per heavy atom. The molecule has 3 rings (SSSR count). The average molecular weight is 136 g/mol. The predicted molar refractivity (Wildman–Crippen MR) is 41.7 cm³/mol. The quantitative estimate of drug-likeness (QED) is 0.520. The fourth-order valence-electron chi connectivity index (χ4n) is 3.85. The van der Waals surface area contributed by atoms with E-state index in [0.717, 1.165) is 11.3 Å². The lowest BCUT2D eigenvalue weighted by Crippen LogP contribution is -2.29. The summed E-state index contributed by atoms with van der Waals surface area (Å²) in [5.74, 6) is 3.55. The highest BCUT2D eigenvalue weighted by Gasteiger charge is 2.69. The molecule has 4 atom stereocenters. The van der Waals surface area contributed by atoms with Gasteiger partial charge in [0.15, 0.2) is 0 Å². The van der Waals surface area contributed by atoms with Gasteiger partial charge >= 0.3 is 0 Å². The van der Waals surface area contributed by atoms with Gasteiger partial charge in [0, 0.05) is 0 Å².